The number of benzene rings is 2. The van der Waals surface area contributed by atoms with E-state index >= 15 is 0 Å². The second-order valence-corrected chi connectivity index (χ2v) is 7.27. The van der Waals surface area contributed by atoms with Gasteiger partial charge in [0.15, 0.2) is 0 Å². The topological polar surface area (TPSA) is 76.7 Å². The van der Waals surface area contributed by atoms with Gasteiger partial charge in [-0.1, -0.05) is 17.3 Å². The van der Waals surface area contributed by atoms with Crippen LogP contribution >= 0.6 is 0 Å². The number of H-pyrrole nitrogens is 1. The molecule has 1 N–H and O–H groups in total. The molecule has 0 atom stereocenters. The molecule has 0 unspecified atom stereocenters. The normalized spacial score (nSPS) is 12.2. The summed E-state index contributed by atoms with van der Waals surface area (Å²) in [5.41, 5.74) is 2.66. The number of pyridine rings is 1. The van der Waals surface area contributed by atoms with Gasteiger partial charge in [-0.15, -0.1) is 0 Å². The molecule has 156 valence electrons. The quantitative estimate of drug-likeness (QED) is 0.425. The summed E-state index contributed by atoms with van der Waals surface area (Å²) < 4.78 is 46.1. The molecule has 0 saturated heterocycles. The van der Waals surface area contributed by atoms with Crippen LogP contribution in [-0.4, -0.2) is 19.7 Å². The Labute approximate surface area is 172 Å². The van der Waals surface area contributed by atoms with Crippen LogP contribution in [0.25, 0.3) is 38.8 Å². The van der Waals surface area contributed by atoms with Crippen molar-refractivity contribution in [1.82, 2.24) is 19.7 Å². The van der Waals surface area contributed by atoms with E-state index < -0.39 is 17.4 Å². The average Bonchev–Trinajstić information content (AvgIpc) is 3.25. The lowest BCUT2D eigenvalue weighted by atomic mass is 10.0. The standard InChI is InChI=1S/C22H15F3N4O2/c1-11-19(12(2)31-28-11)13-6-7-16-17(8-13)26-10-18-20(16)29(21(30)27-18)15-5-3-4-14(9-15)22(23,24)25/h3-10H,1-2H3,(H,27,30). The second-order valence-electron chi connectivity index (χ2n) is 7.27. The Morgan fingerprint density at radius 2 is 1.90 bits per heavy atom. The molecule has 9 heteroatoms. The fourth-order valence-corrected chi connectivity index (χ4v) is 3.90. The van der Waals surface area contributed by atoms with Gasteiger partial charge in [-0.05, 0) is 49.7 Å². The summed E-state index contributed by atoms with van der Waals surface area (Å²) in [5.74, 6) is 0.667. The van der Waals surface area contributed by atoms with Crippen LogP contribution in [0.2, 0.25) is 0 Å². The Balaban J connectivity index is 1.78. The minimum atomic E-state index is -4.52. The second kappa shape index (κ2) is 6.56. The number of rotatable bonds is 2. The number of halogens is 3. The Morgan fingerprint density at radius 1 is 1.10 bits per heavy atom. The van der Waals surface area contributed by atoms with Crippen LogP contribution in [0.3, 0.4) is 0 Å². The molecule has 2 aromatic carbocycles. The molecule has 3 aromatic heterocycles. The number of hydrogen-bond acceptors (Lipinski definition) is 4. The number of imidazole rings is 1. The van der Waals surface area contributed by atoms with E-state index in [4.69, 9.17) is 4.52 Å². The summed E-state index contributed by atoms with van der Waals surface area (Å²) in [6, 6.07) is 10.2. The lowest BCUT2D eigenvalue weighted by Crippen LogP contribution is -2.15. The average molecular weight is 424 g/mol. The molecule has 31 heavy (non-hydrogen) atoms. The Bertz CT molecular complexity index is 1510. The van der Waals surface area contributed by atoms with Gasteiger partial charge in [-0.3, -0.25) is 9.55 Å². The first-order valence-electron chi connectivity index (χ1n) is 9.38. The minimum Gasteiger partial charge on any atom is -0.361 e. The highest BCUT2D eigenvalue weighted by atomic mass is 19.4. The van der Waals surface area contributed by atoms with E-state index in [0.717, 1.165) is 29.0 Å². The highest BCUT2D eigenvalue weighted by Crippen LogP contribution is 2.33. The van der Waals surface area contributed by atoms with Crippen molar-refractivity contribution in [2.45, 2.75) is 20.0 Å². The van der Waals surface area contributed by atoms with Crippen molar-refractivity contribution >= 4 is 21.9 Å². The van der Waals surface area contributed by atoms with Gasteiger partial charge in [-0.2, -0.15) is 13.2 Å². The van der Waals surface area contributed by atoms with Crippen LogP contribution in [0, 0.1) is 13.8 Å². The van der Waals surface area contributed by atoms with Crippen LogP contribution in [0.4, 0.5) is 13.2 Å². The van der Waals surface area contributed by atoms with Crippen LogP contribution in [0.15, 0.2) is 58.0 Å². The van der Waals surface area contributed by atoms with Gasteiger partial charge in [0, 0.05) is 10.9 Å². The van der Waals surface area contributed by atoms with E-state index in [2.05, 4.69) is 15.1 Å². The number of aryl methyl sites for hydroxylation is 2. The molecule has 0 bridgehead atoms. The Morgan fingerprint density at radius 3 is 2.61 bits per heavy atom. The monoisotopic (exact) mass is 424 g/mol. The largest absolute Gasteiger partial charge is 0.416 e. The zero-order valence-electron chi connectivity index (χ0n) is 16.4. The van der Waals surface area contributed by atoms with E-state index in [9.17, 15) is 18.0 Å². The van der Waals surface area contributed by atoms with Crippen molar-refractivity contribution in [3.63, 3.8) is 0 Å². The van der Waals surface area contributed by atoms with E-state index in [1.807, 2.05) is 26.0 Å². The molecular formula is C22H15F3N4O2. The third-order valence-electron chi connectivity index (χ3n) is 5.26. The Hall–Kier alpha value is -3.88. The number of nitrogens with zero attached hydrogens (tertiary/aromatic N) is 3. The maximum atomic E-state index is 13.2. The zero-order chi connectivity index (χ0) is 21.9. The van der Waals surface area contributed by atoms with Gasteiger partial charge < -0.3 is 9.51 Å². The van der Waals surface area contributed by atoms with E-state index in [-0.39, 0.29) is 5.69 Å². The lowest BCUT2D eigenvalue weighted by molar-refractivity contribution is -0.137. The van der Waals surface area contributed by atoms with Crippen LogP contribution in [0.1, 0.15) is 17.0 Å². The minimum absolute atomic E-state index is 0.119. The molecule has 0 amide bonds. The molecule has 3 heterocycles. The molecule has 5 aromatic rings. The smallest absolute Gasteiger partial charge is 0.361 e. The summed E-state index contributed by atoms with van der Waals surface area (Å²) in [6.45, 7) is 3.65. The predicted molar refractivity (Wildman–Crippen MR) is 109 cm³/mol. The SMILES string of the molecule is Cc1noc(C)c1-c1ccc2c(c1)ncc1[nH]c(=O)n(-c3cccc(C(F)(F)F)c3)c12. The van der Waals surface area contributed by atoms with Crippen LogP contribution in [-0.2, 0) is 6.18 Å². The van der Waals surface area contributed by atoms with Crippen molar-refractivity contribution in [2.75, 3.05) is 0 Å². The van der Waals surface area contributed by atoms with E-state index in [1.165, 1.54) is 22.9 Å². The molecule has 0 aliphatic rings. The zero-order valence-corrected chi connectivity index (χ0v) is 16.4. The van der Waals surface area contributed by atoms with Crippen molar-refractivity contribution < 1.29 is 17.7 Å². The number of nitrogens with one attached hydrogen (secondary N) is 1. The fraction of sp³-hybridized carbons (Fsp3) is 0.136. The van der Waals surface area contributed by atoms with Crippen molar-refractivity contribution in [3.8, 4) is 16.8 Å². The van der Waals surface area contributed by atoms with Crippen molar-refractivity contribution in [3.05, 3.63) is 76.2 Å². The molecule has 0 spiro atoms. The summed E-state index contributed by atoms with van der Waals surface area (Å²) >= 11 is 0. The van der Waals surface area contributed by atoms with E-state index in [1.54, 1.807) is 6.07 Å². The van der Waals surface area contributed by atoms with Gasteiger partial charge in [0.1, 0.15) is 5.76 Å². The predicted octanol–water partition coefficient (Wildman–Crippen LogP) is 5.16. The number of aromatic amines is 1. The molecule has 5 rings (SSSR count). The maximum absolute atomic E-state index is 13.2. The maximum Gasteiger partial charge on any atom is 0.416 e. The first-order chi connectivity index (χ1) is 14.7. The highest BCUT2D eigenvalue weighted by Gasteiger charge is 2.31. The molecule has 0 fully saturated rings. The van der Waals surface area contributed by atoms with Crippen LogP contribution in [0.5, 0.6) is 0 Å². The van der Waals surface area contributed by atoms with Gasteiger partial charge in [0.05, 0.1) is 39.7 Å². The highest BCUT2D eigenvalue weighted by molar-refractivity contribution is 6.04. The van der Waals surface area contributed by atoms with Gasteiger partial charge in [0.25, 0.3) is 0 Å². The van der Waals surface area contributed by atoms with Crippen LogP contribution < -0.4 is 5.69 Å². The first-order valence-corrected chi connectivity index (χ1v) is 9.38. The first kappa shape index (κ1) is 19.1. The molecule has 0 radical (unpaired) electrons. The van der Waals surface area contributed by atoms with Gasteiger partial charge >= 0.3 is 11.9 Å². The summed E-state index contributed by atoms with van der Waals surface area (Å²) in [6.07, 6.45) is -3.01. The molecule has 6 nitrogen and oxygen atoms in total. The third kappa shape index (κ3) is 3.00. The number of alkyl halides is 3. The number of aromatic nitrogens is 4. The summed E-state index contributed by atoms with van der Waals surface area (Å²) in [7, 11) is 0. The van der Waals surface area contributed by atoms with Gasteiger partial charge in [-0.25, -0.2) is 4.79 Å². The number of fused-ring (bicyclic) bond motifs is 3. The lowest BCUT2D eigenvalue weighted by Gasteiger charge is -2.10. The molecule has 0 aliphatic carbocycles. The van der Waals surface area contributed by atoms with Crippen molar-refractivity contribution in [1.29, 1.82) is 0 Å². The summed E-state index contributed by atoms with van der Waals surface area (Å²) in [5, 5.41) is 4.60. The molecule has 0 aliphatic heterocycles. The molecular weight excluding hydrogens is 409 g/mol. The molecule has 0 saturated carbocycles. The van der Waals surface area contributed by atoms with Crippen molar-refractivity contribution in [2.24, 2.45) is 0 Å². The fourth-order valence-electron chi connectivity index (χ4n) is 3.90. The Kier molecular flexibility index (Phi) is 4.04. The van der Waals surface area contributed by atoms with Gasteiger partial charge in [0.2, 0.25) is 0 Å². The number of hydrogen-bond donors (Lipinski definition) is 1. The third-order valence-corrected chi connectivity index (χ3v) is 5.26. The van der Waals surface area contributed by atoms with E-state index in [0.29, 0.717) is 27.7 Å². The summed E-state index contributed by atoms with van der Waals surface area (Å²) in [4.78, 5) is 19.8.